The lowest BCUT2D eigenvalue weighted by Crippen LogP contribution is -2.43. The Morgan fingerprint density at radius 2 is 1.95 bits per heavy atom. The number of urea groups is 1. The van der Waals surface area contributed by atoms with E-state index in [1.807, 2.05) is 0 Å². The van der Waals surface area contributed by atoms with E-state index in [4.69, 9.17) is 5.73 Å². The number of aliphatic hydroxyl groups excluding tert-OH is 1. The summed E-state index contributed by atoms with van der Waals surface area (Å²) in [4.78, 5) is 10.7. The number of alkyl halides is 1. The quantitative estimate of drug-likeness (QED) is 0.716. The molecule has 19 heavy (non-hydrogen) atoms. The van der Waals surface area contributed by atoms with Crippen LogP contribution < -0.4 is 11.1 Å². The van der Waals surface area contributed by atoms with Gasteiger partial charge in [-0.15, -0.1) is 0 Å². The van der Waals surface area contributed by atoms with E-state index in [1.165, 1.54) is 24.3 Å². The van der Waals surface area contributed by atoms with E-state index in [0.29, 0.717) is 0 Å². The van der Waals surface area contributed by atoms with Crippen LogP contribution in [0, 0.1) is 0 Å². The zero-order valence-electron chi connectivity index (χ0n) is 10.2. The van der Waals surface area contributed by atoms with Gasteiger partial charge in [0.25, 0.3) is 0 Å². The van der Waals surface area contributed by atoms with Crippen LogP contribution in [-0.4, -0.2) is 38.5 Å². The fraction of sp³-hybridized carbons (Fsp3) is 0.364. The number of hydrogen-bond donors (Lipinski definition) is 3. The number of sulfone groups is 1. The summed E-state index contributed by atoms with van der Waals surface area (Å²) < 4.78 is 35.2. The van der Waals surface area contributed by atoms with Crippen LogP contribution in [0.2, 0.25) is 0 Å². The summed E-state index contributed by atoms with van der Waals surface area (Å²) in [6.07, 6.45) is -0.261. The molecular weight excluding hydrogens is 275 g/mol. The van der Waals surface area contributed by atoms with Crippen LogP contribution >= 0.6 is 0 Å². The molecule has 8 heteroatoms. The van der Waals surface area contributed by atoms with Crippen molar-refractivity contribution in [2.75, 3.05) is 12.9 Å². The molecule has 0 aliphatic heterocycles. The molecule has 1 aromatic carbocycles. The first-order chi connectivity index (χ1) is 8.75. The van der Waals surface area contributed by atoms with Crippen molar-refractivity contribution in [3.63, 3.8) is 0 Å². The van der Waals surface area contributed by atoms with Gasteiger partial charge in [-0.25, -0.2) is 17.6 Å². The van der Waals surface area contributed by atoms with Gasteiger partial charge in [0.15, 0.2) is 9.84 Å². The average molecular weight is 290 g/mol. The number of benzene rings is 1. The van der Waals surface area contributed by atoms with Gasteiger partial charge in [0, 0.05) is 6.26 Å². The predicted molar refractivity (Wildman–Crippen MR) is 67.0 cm³/mol. The number of hydrogen-bond acceptors (Lipinski definition) is 4. The van der Waals surface area contributed by atoms with Crippen LogP contribution in [-0.2, 0) is 9.84 Å². The molecule has 0 spiro atoms. The summed E-state index contributed by atoms with van der Waals surface area (Å²) in [7, 11) is -3.34. The summed E-state index contributed by atoms with van der Waals surface area (Å²) in [5.41, 5.74) is 5.14. The summed E-state index contributed by atoms with van der Waals surface area (Å²) in [5.74, 6) is 0. The second-order valence-corrected chi connectivity index (χ2v) is 6.07. The van der Waals surface area contributed by atoms with Gasteiger partial charge >= 0.3 is 6.03 Å². The fourth-order valence-electron chi connectivity index (χ4n) is 1.53. The first-order valence-electron chi connectivity index (χ1n) is 5.35. The highest BCUT2D eigenvalue weighted by Gasteiger charge is 2.22. The largest absolute Gasteiger partial charge is 0.386 e. The second-order valence-electron chi connectivity index (χ2n) is 4.06. The lowest BCUT2D eigenvalue weighted by molar-refractivity contribution is 0.117. The normalized spacial score (nSPS) is 14.7. The molecule has 1 rings (SSSR count). The van der Waals surface area contributed by atoms with Gasteiger partial charge in [-0.3, -0.25) is 0 Å². The standard InChI is InChI=1S/C11H15FN2O4S/c1-19(17,18)8-4-2-7(3-5-8)10(15)9(6-12)14-11(13)16/h2-5,9-10,15H,6H2,1H3,(H3,13,14,16)/t9-,10+/m1/s1. The summed E-state index contributed by atoms with van der Waals surface area (Å²) in [6, 6.07) is 3.18. The van der Waals surface area contributed by atoms with Crippen LogP contribution in [0.3, 0.4) is 0 Å². The highest BCUT2D eigenvalue weighted by Crippen LogP contribution is 2.19. The van der Waals surface area contributed by atoms with Gasteiger partial charge in [0.1, 0.15) is 12.8 Å². The maximum atomic E-state index is 12.7. The average Bonchev–Trinajstić information content (AvgIpc) is 2.34. The molecular formula is C11H15FN2O4S. The minimum absolute atomic E-state index is 0.0862. The molecule has 0 saturated heterocycles. The Bertz CT molecular complexity index is 544. The molecule has 2 atom stereocenters. The van der Waals surface area contributed by atoms with Gasteiger partial charge in [0.05, 0.1) is 10.9 Å². The predicted octanol–water partition coefficient (Wildman–Crippen LogP) is 0.130. The zero-order chi connectivity index (χ0) is 14.6. The maximum absolute atomic E-state index is 12.7. The SMILES string of the molecule is CS(=O)(=O)c1ccc([C@H](O)[C@@H](CF)NC(N)=O)cc1. The van der Waals surface area contributed by atoms with E-state index in [1.54, 1.807) is 0 Å². The number of nitrogens with two attached hydrogens (primary N) is 1. The molecule has 106 valence electrons. The van der Waals surface area contributed by atoms with Crippen LogP contribution in [0.1, 0.15) is 11.7 Å². The van der Waals surface area contributed by atoms with E-state index < -0.39 is 34.7 Å². The molecule has 0 radical (unpaired) electrons. The first kappa shape index (κ1) is 15.4. The summed E-state index contributed by atoms with van der Waals surface area (Å²) in [6.45, 7) is -1.00. The van der Waals surface area contributed by atoms with Gasteiger partial charge < -0.3 is 16.2 Å². The fourth-order valence-corrected chi connectivity index (χ4v) is 2.16. The first-order valence-corrected chi connectivity index (χ1v) is 7.25. The molecule has 0 aromatic heterocycles. The Hall–Kier alpha value is -1.67. The summed E-state index contributed by atoms with van der Waals surface area (Å²) in [5, 5.41) is 11.9. The monoisotopic (exact) mass is 290 g/mol. The molecule has 6 nitrogen and oxygen atoms in total. The number of rotatable bonds is 5. The lowest BCUT2D eigenvalue weighted by atomic mass is 10.0. The van der Waals surface area contributed by atoms with Crippen molar-refractivity contribution in [2.24, 2.45) is 5.73 Å². The molecule has 4 N–H and O–H groups in total. The molecule has 0 heterocycles. The van der Waals surface area contributed by atoms with Crippen molar-refractivity contribution in [3.8, 4) is 0 Å². The smallest absolute Gasteiger partial charge is 0.312 e. The highest BCUT2D eigenvalue weighted by molar-refractivity contribution is 7.90. The number of carbonyl (C=O) groups is 1. The van der Waals surface area contributed by atoms with E-state index >= 15 is 0 Å². The van der Waals surface area contributed by atoms with Gasteiger partial charge in [-0.1, -0.05) is 12.1 Å². The van der Waals surface area contributed by atoms with E-state index in [-0.39, 0.29) is 10.5 Å². The Kier molecular flexibility index (Phi) is 4.84. The second kappa shape index (κ2) is 5.98. The third-order valence-corrected chi connectivity index (χ3v) is 3.65. The van der Waals surface area contributed by atoms with Crippen LogP contribution in [0.15, 0.2) is 29.2 Å². The molecule has 1 aromatic rings. The Labute approximate surface area is 110 Å². The van der Waals surface area contributed by atoms with E-state index in [2.05, 4.69) is 5.32 Å². The molecule has 0 aliphatic carbocycles. The van der Waals surface area contributed by atoms with Gasteiger partial charge in [-0.05, 0) is 17.7 Å². The molecule has 0 fully saturated rings. The minimum atomic E-state index is -3.34. The van der Waals surface area contributed by atoms with Crippen molar-refractivity contribution in [3.05, 3.63) is 29.8 Å². The molecule has 0 saturated carbocycles. The van der Waals surface area contributed by atoms with Crippen molar-refractivity contribution in [1.29, 1.82) is 0 Å². The van der Waals surface area contributed by atoms with Crippen molar-refractivity contribution in [2.45, 2.75) is 17.0 Å². The Balaban J connectivity index is 2.93. The molecule has 0 bridgehead atoms. The number of nitrogens with one attached hydrogen (secondary N) is 1. The van der Waals surface area contributed by atoms with Crippen LogP contribution in [0.5, 0.6) is 0 Å². The zero-order valence-corrected chi connectivity index (χ0v) is 11.0. The van der Waals surface area contributed by atoms with Crippen molar-refractivity contribution in [1.82, 2.24) is 5.32 Å². The Morgan fingerprint density at radius 3 is 2.32 bits per heavy atom. The minimum Gasteiger partial charge on any atom is -0.386 e. The van der Waals surface area contributed by atoms with Crippen LogP contribution in [0.4, 0.5) is 9.18 Å². The topological polar surface area (TPSA) is 109 Å². The third kappa shape index (κ3) is 4.18. The van der Waals surface area contributed by atoms with E-state index in [0.717, 1.165) is 6.26 Å². The Morgan fingerprint density at radius 1 is 1.42 bits per heavy atom. The third-order valence-electron chi connectivity index (χ3n) is 2.52. The number of primary amides is 1. The number of carbonyl (C=O) groups excluding carboxylic acids is 1. The van der Waals surface area contributed by atoms with Crippen LogP contribution in [0.25, 0.3) is 0 Å². The van der Waals surface area contributed by atoms with Gasteiger partial charge in [-0.2, -0.15) is 0 Å². The number of halogens is 1. The van der Waals surface area contributed by atoms with Crippen molar-refractivity contribution >= 4 is 15.9 Å². The molecule has 2 amide bonds. The number of amides is 2. The van der Waals surface area contributed by atoms with Crippen molar-refractivity contribution < 1.29 is 22.7 Å². The van der Waals surface area contributed by atoms with E-state index in [9.17, 15) is 22.7 Å². The van der Waals surface area contributed by atoms with Gasteiger partial charge in [0.2, 0.25) is 0 Å². The lowest BCUT2D eigenvalue weighted by Gasteiger charge is -2.20. The summed E-state index contributed by atoms with van der Waals surface area (Å²) >= 11 is 0. The molecule has 0 aliphatic rings. The molecule has 0 unspecified atom stereocenters. The maximum Gasteiger partial charge on any atom is 0.312 e. The highest BCUT2D eigenvalue weighted by atomic mass is 32.2. The number of aliphatic hydroxyl groups is 1.